The van der Waals surface area contributed by atoms with Crippen molar-refractivity contribution in [3.05, 3.63) is 114 Å². The first-order valence-corrected chi connectivity index (χ1v) is 12.9. The van der Waals surface area contributed by atoms with Gasteiger partial charge < -0.3 is 13.9 Å². The van der Waals surface area contributed by atoms with E-state index in [1.54, 1.807) is 56.3 Å². The Balaban J connectivity index is 1.62. The summed E-state index contributed by atoms with van der Waals surface area (Å²) in [6.07, 6.45) is 1.58. The molecule has 10 heteroatoms. The van der Waals surface area contributed by atoms with Gasteiger partial charge in [-0.2, -0.15) is 0 Å². The monoisotopic (exact) mass is 546 g/mol. The third-order valence-electron chi connectivity index (χ3n) is 6.20. The summed E-state index contributed by atoms with van der Waals surface area (Å²) < 4.78 is 31.6. The van der Waals surface area contributed by atoms with Crippen LogP contribution in [0.4, 0.5) is 4.39 Å². The molecule has 0 amide bonds. The van der Waals surface area contributed by atoms with Gasteiger partial charge in [-0.15, -0.1) is 0 Å². The molecule has 4 aromatic rings. The van der Waals surface area contributed by atoms with E-state index in [1.807, 2.05) is 0 Å². The van der Waals surface area contributed by atoms with Crippen LogP contribution in [0.2, 0.25) is 0 Å². The smallest absolute Gasteiger partial charge is 0.338 e. The molecule has 0 bridgehead atoms. The Hall–Kier alpha value is -4.57. The van der Waals surface area contributed by atoms with E-state index in [4.69, 9.17) is 13.9 Å². The van der Waals surface area contributed by atoms with Gasteiger partial charge in [0.1, 0.15) is 17.3 Å². The van der Waals surface area contributed by atoms with E-state index in [0.29, 0.717) is 43.2 Å². The minimum absolute atomic E-state index is 0.149. The zero-order valence-corrected chi connectivity index (χ0v) is 22.1. The minimum Gasteiger partial charge on any atom is -0.465 e. The summed E-state index contributed by atoms with van der Waals surface area (Å²) >= 11 is 1.14. The molecular formula is C29H23FN2O6S. The first kappa shape index (κ1) is 26.1. The predicted octanol–water partition coefficient (Wildman–Crippen LogP) is 3.98. The summed E-state index contributed by atoms with van der Waals surface area (Å²) in [7, 11) is 1.31. The molecule has 0 saturated carbocycles. The van der Waals surface area contributed by atoms with Crippen molar-refractivity contribution >= 4 is 29.4 Å². The Kier molecular flexibility index (Phi) is 7.12. The van der Waals surface area contributed by atoms with Crippen molar-refractivity contribution in [1.29, 1.82) is 0 Å². The molecule has 0 N–H and O–H groups in total. The second-order valence-electron chi connectivity index (χ2n) is 8.59. The summed E-state index contributed by atoms with van der Waals surface area (Å²) in [6, 6.07) is 15.1. The topological polar surface area (TPSA) is 100 Å². The number of methoxy groups -OCH3 is 1. The summed E-state index contributed by atoms with van der Waals surface area (Å²) in [5, 5.41) is 0. The number of hydrogen-bond donors (Lipinski definition) is 0. The fraction of sp³-hybridized carbons (Fsp3) is 0.172. The average molecular weight is 547 g/mol. The first-order valence-electron chi connectivity index (χ1n) is 12.0. The number of rotatable bonds is 6. The number of furan rings is 1. The van der Waals surface area contributed by atoms with Crippen molar-refractivity contribution in [2.24, 2.45) is 4.99 Å². The molecule has 2 aromatic heterocycles. The van der Waals surface area contributed by atoms with Crippen LogP contribution >= 0.6 is 11.3 Å². The SMILES string of the molecule is CCOC(=O)C1=C(C)N=c2s/c(=C\c3ccc(-c4ccccc4C(=O)OC)o3)c(=O)n2[C@H]1c1ccc(F)cc1. The second kappa shape index (κ2) is 10.7. The standard InChI is InChI=1S/C29H23FN2O6S/c1-4-37-28(35)24-16(2)31-29-32(25(24)17-9-11-18(30)12-10-17)26(33)23(39-29)15-19-13-14-22(38-19)20-7-5-6-8-21(20)27(34)36-3/h5-15,25H,4H2,1-3H3/b23-15-/t25-/m0/s1. The van der Waals surface area contributed by atoms with Crippen molar-refractivity contribution in [3.63, 3.8) is 0 Å². The van der Waals surface area contributed by atoms with Gasteiger partial charge in [0, 0.05) is 11.6 Å². The van der Waals surface area contributed by atoms with Crippen molar-refractivity contribution in [1.82, 2.24) is 4.57 Å². The molecule has 39 heavy (non-hydrogen) atoms. The van der Waals surface area contributed by atoms with E-state index in [-0.39, 0.29) is 12.2 Å². The van der Waals surface area contributed by atoms with Crippen molar-refractivity contribution in [3.8, 4) is 11.3 Å². The first-order chi connectivity index (χ1) is 18.8. The number of esters is 2. The van der Waals surface area contributed by atoms with Gasteiger partial charge in [0.2, 0.25) is 0 Å². The van der Waals surface area contributed by atoms with Crippen LogP contribution in [0.5, 0.6) is 0 Å². The van der Waals surface area contributed by atoms with Crippen molar-refractivity contribution in [2.45, 2.75) is 19.9 Å². The minimum atomic E-state index is -0.845. The highest BCUT2D eigenvalue weighted by Crippen LogP contribution is 2.31. The molecule has 198 valence electrons. The van der Waals surface area contributed by atoms with Gasteiger partial charge in [0.15, 0.2) is 4.80 Å². The molecule has 1 aliphatic heterocycles. The van der Waals surface area contributed by atoms with Crippen LogP contribution in [0.25, 0.3) is 17.4 Å². The second-order valence-corrected chi connectivity index (χ2v) is 9.60. The number of carbonyl (C=O) groups is 2. The maximum atomic E-state index is 13.7. The van der Waals surface area contributed by atoms with E-state index in [9.17, 15) is 18.8 Å². The van der Waals surface area contributed by atoms with Crippen LogP contribution in [0.1, 0.15) is 41.6 Å². The fourth-order valence-corrected chi connectivity index (χ4v) is 5.47. The molecule has 0 spiro atoms. The van der Waals surface area contributed by atoms with Crippen LogP contribution in [0.3, 0.4) is 0 Å². The largest absolute Gasteiger partial charge is 0.465 e. The molecule has 0 radical (unpaired) electrons. The Bertz CT molecular complexity index is 1800. The van der Waals surface area contributed by atoms with Gasteiger partial charge in [-0.3, -0.25) is 9.36 Å². The molecule has 3 heterocycles. The lowest BCUT2D eigenvalue weighted by Crippen LogP contribution is -2.39. The Labute approximate surface area is 226 Å². The number of benzene rings is 2. The van der Waals surface area contributed by atoms with Crippen molar-refractivity contribution < 1.29 is 27.9 Å². The number of allylic oxidation sites excluding steroid dienone is 1. The van der Waals surface area contributed by atoms with Crippen LogP contribution in [-0.4, -0.2) is 30.2 Å². The van der Waals surface area contributed by atoms with Gasteiger partial charge >= 0.3 is 11.9 Å². The van der Waals surface area contributed by atoms with Crippen LogP contribution in [0, 0.1) is 5.82 Å². The van der Waals surface area contributed by atoms with Gasteiger partial charge in [0.25, 0.3) is 5.56 Å². The molecule has 1 aliphatic rings. The lowest BCUT2D eigenvalue weighted by molar-refractivity contribution is -0.139. The summed E-state index contributed by atoms with van der Waals surface area (Å²) in [4.78, 5) is 43.7. The molecule has 0 unspecified atom stereocenters. The Morgan fingerprint density at radius 1 is 1.10 bits per heavy atom. The average Bonchev–Trinajstić information content (AvgIpc) is 3.52. The molecule has 0 aliphatic carbocycles. The van der Waals surface area contributed by atoms with Crippen LogP contribution < -0.4 is 14.9 Å². The highest BCUT2D eigenvalue weighted by Gasteiger charge is 2.33. The molecule has 1 atom stereocenters. The molecule has 0 saturated heterocycles. The number of hydrogen-bond acceptors (Lipinski definition) is 8. The highest BCUT2D eigenvalue weighted by atomic mass is 32.1. The van der Waals surface area contributed by atoms with E-state index < -0.39 is 29.4 Å². The third kappa shape index (κ3) is 4.86. The summed E-state index contributed by atoms with van der Waals surface area (Å²) in [6.45, 7) is 3.52. The number of carbonyl (C=O) groups excluding carboxylic acids is 2. The quantitative estimate of drug-likeness (QED) is 0.339. The molecule has 5 rings (SSSR count). The van der Waals surface area contributed by atoms with Gasteiger partial charge in [0.05, 0.1) is 41.1 Å². The van der Waals surface area contributed by atoms with Gasteiger partial charge in [-0.25, -0.2) is 19.0 Å². The van der Waals surface area contributed by atoms with Crippen LogP contribution in [0.15, 0.2) is 86.1 Å². The van der Waals surface area contributed by atoms with E-state index >= 15 is 0 Å². The number of aromatic nitrogens is 1. The van der Waals surface area contributed by atoms with E-state index in [0.717, 1.165) is 11.3 Å². The summed E-state index contributed by atoms with van der Waals surface area (Å²) in [5.41, 5.74) is 1.67. The number of thiazole rings is 1. The molecule has 8 nitrogen and oxygen atoms in total. The number of fused-ring (bicyclic) bond motifs is 1. The van der Waals surface area contributed by atoms with Gasteiger partial charge in [-0.05, 0) is 49.7 Å². The number of nitrogens with zero attached hydrogens (tertiary/aromatic N) is 2. The fourth-order valence-electron chi connectivity index (χ4n) is 4.44. The zero-order chi connectivity index (χ0) is 27.7. The highest BCUT2D eigenvalue weighted by molar-refractivity contribution is 7.07. The zero-order valence-electron chi connectivity index (χ0n) is 21.3. The van der Waals surface area contributed by atoms with Crippen molar-refractivity contribution in [2.75, 3.05) is 13.7 Å². The Morgan fingerprint density at radius 3 is 2.56 bits per heavy atom. The van der Waals surface area contributed by atoms with Crippen LogP contribution in [-0.2, 0) is 14.3 Å². The predicted molar refractivity (Wildman–Crippen MR) is 142 cm³/mol. The third-order valence-corrected chi connectivity index (χ3v) is 7.18. The molecule has 0 fully saturated rings. The molecular weight excluding hydrogens is 523 g/mol. The molecule has 2 aromatic carbocycles. The maximum Gasteiger partial charge on any atom is 0.338 e. The lowest BCUT2D eigenvalue weighted by Gasteiger charge is -2.24. The lowest BCUT2D eigenvalue weighted by atomic mass is 9.96. The number of halogens is 1. The summed E-state index contributed by atoms with van der Waals surface area (Å²) in [5.74, 6) is -0.714. The number of ether oxygens (including phenoxy) is 2. The van der Waals surface area contributed by atoms with E-state index in [2.05, 4.69) is 4.99 Å². The maximum absolute atomic E-state index is 13.7. The van der Waals surface area contributed by atoms with E-state index in [1.165, 1.54) is 35.9 Å². The Morgan fingerprint density at radius 2 is 1.85 bits per heavy atom. The van der Waals surface area contributed by atoms with Gasteiger partial charge in [-0.1, -0.05) is 41.7 Å². The normalized spacial score (nSPS) is 15.1.